The summed E-state index contributed by atoms with van der Waals surface area (Å²) in [5.41, 5.74) is 0. The fourth-order valence-corrected chi connectivity index (χ4v) is 2.67. The molecule has 0 fully saturated rings. The van der Waals surface area contributed by atoms with Crippen LogP contribution in [0.15, 0.2) is 29.2 Å². The molecule has 96 valence electrons. The largest absolute Gasteiger partial charge is 0.385 e. The van der Waals surface area contributed by atoms with E-state index >= 15 is 0 Å². The van der Waals surface area contributed by atoms with Gasteiger partial charge in [-0.15, -0.1) is 0 Å². The predicted octanol–water partition coefficient (Wildman–Crippen LogP) is 2.00. The number of hydrogen-bond acceptors (Lipinski definition) is 3. The van der Waals surface area contributed by atoms with Crippen molar-refractivity contribution in [3.63, 3.8) is 0 Å². The lowest BCUT2D eigenvalue weighted by atomic mass is 10.4. The maximum atomic E-state index is 12.1. The van der Waals surface area contributed by atoms with Crippen molar-refractivity contribution in [2.45, 2.75) is 11.3 Å². The van der Waals surface area contributed by atoms with Gasteiger partial charge in [0.25, 0.3) is 0 Å². The number of sulfonamides is 1. The third-order valence-corrected chi connectivity index (χ3v) is 4.47. The summed E-state index contributed by atoms with van der Waals surface area (Å²) in [7, 11) is -0.271. The lowest BCUT2D eigenvalue weighted by Crippen LogP contribution is -2.28. The first-order chi connectivity index (χ1) is 7.98. The fraction of sp³-hybridized carbons (Fsp3) is 0.455. The van der Waals surface area contributed by atoms with Crippen molar-refractivity contribution in [2.24, 2.45) is 0 Å². The van der Waals surface area contributed by atoms with Crippen LogP contribution in [-0.2, 0) is 14.8 Å². The molecule has 0 unspecified atom stereocenters. The molecule has 0 bridgehead atoms. The lowest BCUT2D eigenvalue weighted by Gasteiger charge is -2.16. The van der Waals surface area contributed by atoms with Crippen LogP contribution in [0, 0.1) is 0 Å². The first-order valence-corrected chi connectivity index (χ1v) is 7.01. The molecule has 0 heterocycles. The van der Waals surface area contributed by atoms with E-state index in [-0.39, 0.29) is 4.90 Å². The van der Waals surface area contributed by atoms with Crippen LogP contribution in [0.3, 0.4) is 0 Å². The van der Waals surface area contributed by atoms with E-state index in [2.05, 4.69) is 0 Å². The Labute approximate surface area is 107 Å². The van der Waals surface area contributed by atoms with Gasteiger partial charge < -0.3 is 4.74 Å². The molecule has 17 heavy (non-hydrogen) atoms. The maximum Gasteiger partial charge on any atom is 0.242 e. The highest BCUT2D eigenvalue weighted by atomic mass is 35.5. The average Bonchev–Trinajstić information content (AvgIpc) is 2.29. The molecule has 1 aromatic rings. The molecule has 0 saturated heterocycles. The highest BCUT2D eigenvalue weighted by Gasteiger charge is 2.19. The van der Waals surface area contributed by atoms with Crippen molar-refractivity contribution in [3.05, 3.63) is 29.3 Å². The zero-order chi connectivity index (χ0) is 12.9. The van der Waals surface area contributed by atoms with Crippen molar-refractivity contribution in [1.29, 1.82) is 0 Å². The summed E-state index contributed by atoms with van der Waals surface area (Å²) in [6.45, 7) is 0.972. The molecular weight excluding hydrogens is 262 g/mol. The third kappa shape index (κ3) is 3.96. The molecule has 1 aromatic carbocycles. The summed E-state index contributed by atoms with van der Waals surface area (Å²) < 4.78 is 30.4. The minimum Gasteiger partial charge on any atom is -0.385 e. The highest BCUT2D eigenvalue weighted by Crippen LogP contribution is 2.17. The summed E-state index contributed by atoms with van der Waals surface area (Å²) in [5.74, 6) is 0. The topological polar surface area (TPSA) is 46.6 Å². The summed E-state index contributed by atoms with van der Waals surface area (Å²) in [4.78, 5) is 0.252. The molecule has 1 rings (SSSR count). The van der Waals surface area contributed by atoms with Crippen LogP contribution in [0.25, 0.3) is 0 Å². The van der Waals surface area contributed by atoms with Gasteiger partial charge in [0.15, 0.2) is 0 Å². The Morgan fingerprint density at radius 1 is 1.29 bits per heavy atom. The number of hydrogen-bond donors (Lipinski definition) is 0. The lowest BCUT2D eigenvalue weighted by molar-refractivity contribution is 0.189. The van der Waals surface area contributed by atoms with Crippen LogP contribution < -0.4 is 0 Å². The normalized spacial score (nSPS) is 12.0. The van der Waals surface area contributed by atoms with Gasteiger partial charge in [0.05, 0.1) is 4.90 Å². The molecule has 0 atom stereocenters. The Balaban J connectivity index is 2.76. The van der Waals surface area contributed by atoms with Gasteiger partial charge in [-0.1, -0.05) is 11.6 Å². The van der Waals surface area contributed by atoms with Gasteiger partial charge in [-0.3, -0.25) is 0 Å². The molecule has 0 aliphatic rings. The molecule has 0 aromatic heterocycles. The van der Waals surface area contributed by atoms with Crippen LogP contribution in [0.4, 0.5) is 0 Å². The highest BCUT2D eigenvalue weighted by molar-refractivity contribution is 7.89. The predicted molar refractivity (Wildman–Crippen MR) is 67.8 cm³/mol. The first kappa shape index (κ1) is 14.4. The van der Waals surface area contributed by atoms with Gasteiger partial charge in [0, 0.05) is 32.3 Å². The maximum absolute atomic E-state index is 12.1. The summed E-state index contributed by atoms with van der Waals surface area (Å²) in [6, 6.07) is 6.14. The quantitative estimate of drug-likeness (QED) is 0.747. The molecule has 0 N–H and O–H groups in total. The Bertz CT molecular complexity index is 444. The van der Waals surface area contributed by atoms with E-state index < -0.39 is 10.0 Å². The van der Waals surface area contributed by atoms with E-state index in [4.69, 9.17) is 16.3 Å². The number of ether oxygens (including phenoxy) is 1. The number of nitrogens with zero attached hydrogens (tertiary/aromatic N) is 1. The summed E-state index contributed by atoms with van der Waals surface area (Å²) >= 11 is 5.72. The van der Waals surface area contributed by atoms with Gasteiger partial charge in [-0.05, 0) is 30.7 Å². The molecule has 0 spiro atoms. The smallest absolute Gasteiger partial charge is 0.242 e. The van der Waals surface area contributed by atoms with Gasteiger partial charge >= 0.3 is 0 Å². The van der Waals surface area contributed by atoms with Crippen molar-refractivity contribution < 1.29 is 13.2 Å². The second-order valence-corrected chi connectivity index (χ2v) is 6.11. The van der Waals surface area contributed by atoms with E-state index in [1.54, 1.807) is 26.3 Å². The standard InChI is InChI=1S/C11H16ClNO3S/c1-13(8-3-9-16-2)17(14,15)11-6-4-10(12)5-7-11/h4-7H,3,8-9H2,1-2H3. The zero-order valence-electron chi connectivity index (χ0n) is 9.89. The zero-order valence-corrected chi connectivity index (χ0v) is 11.5. The third-order valence-electron chi connectivity index (χ3n) is 2.34. The van der Waals surface area contributed by atoms with Crippen LogP contribution in [0.5, 0.6) is 0 Å². The minimum atomic E-state index is -3.42. The molecular formula is C11H16ClNO3S. The van der Waals surface area contributed by atoms with Crippen LogP contribution in [0.1, 0.15) is 6.42 Å². The Morgan fingerprint density at radius 2 is 1.88 bits per heavy atom. The fourth-order valence-electron chi connectivity index (χ4n) is 1.34. The molecule has 0 saturated carbocycles. The van der Waals surface area contributed by atoms with Gasteiger partial charge in [-0.25, -0.2) is 12.7 Å². The SMILES string of the molecule is COCCCN(C)S(=O)(=O)c1ccc(Cl)cc1. The van der Waals surface area contributed by atoms with E-state index in [0.29, 0.717) is 24.6 Å². The monoisotopic (exact) mass is 277 g/mol. The van der Waals surface area contributed by atoms with Gasteiger partial charge in [-0.2, -0.15) is 0 Å². The Hall–Kier alpha value is -0.620. The van der Waals surface area contributed by atoms with Gasteiger partial charge in [0.1, 0.15) is 0 Å². The molecule has 6 heteroatoms. The van der Waals surface area contributed by atoms with Crippen LogP contribution >= 0.6 is 11.6 Å². The summed E-state index contributed by atoms with van der Waals surface area (Å²) in [6.07, 6.45) is 0.666. The number of methoxy groups -OCH3 is 1. The van der Waals surface area contributed by atoms with Gasteiger partial charge in [0.2, 0.25) is 10.0 Å². The molecule has 0 amide bonds. The molecule has 0 aliphatic carbocycles. The van der Waals surface area contributed by atoms with Crippen molar-refractivity contribution in [2.75, 3.05) is 27.3 Å². The average molecular weight is 278 g/mol. The Morgan fingerprint density at radius 3 is 2.41 bits per heavy atom. The van der Waals surface area contributed by atoms with E-state index in [0.717, 1.165) is 0 Å². The van der Waals surface area contributed by atoms with Crippen molar-refractivity contribution >= 4 is 21.6 Å². The second-order valence-electron chi connectivity index (χ2n) is 3.63. The summed E-state index contributed by atoms with van der Waals surface area (Å²) in [5, 5.41) is 0.519. The van der Waals surface area contributed by atoms with Crippen molar-refractivity contribution in [1.82, 2.24) is 4.31 Å². The number of rotatable bonds is 6. The van der Waals surface area contributed by atoms with E-state index in [1.165, 1.54) is 16.4 Å². The van der Waals surface area contributed by atoms with Crippen LogP contribution in [0.2, 0.25) is 5.02 Å². The molecule has 0 radical (unpaired) electrons. The first-order valence-electron chi connectivity index (χ1n) is 5.19. The van der Waals surface area contributed by atoms with E-state index in [9.17, 15) is 8.42 Å². The second kappa shape index (κ2) is 6.35. The Kier molecular flexibility index (Phi) is 5.39. The minimum absolute atomic E-state index is 0.252. The van der Waals surface area contributed by atoms with Crippen molar-refractivity contribution in [3.8, 4) is 0 Å². The van der Waals surface area contributed by atoms with E-state index in [1.807, 2.05) is 0 Å². The molecule has 4 nitrogen and oxygen atoms in total. The number of benzene rings is 1. The number of halogens is 1. The van der Waals surface area contributed by atoms with Crippen LogP contribution in [-0.4, -0.2) is 40.0 Å². The molecule has 0 aliphatic heterocycles.